The van der Waals surface area contributed by atoms with Crippen LogP contribution in [0.25, 0.3) is 0 Å². The van der Waals surface area contributed by atoms with Gasteiger partial charge < -0.3 is 4.74 Å². The second kappa shape index (κ2) is 6.17. The second-order valence-corrected chi connectivity index (χ2v) is 3.58. The van der Waals surface area contributed by atoms with E-state index in [1.165, 1.54) is 13.0 Å². The van der Waals surface area contributed by atoms with Gasteiger partial charge in [-0.1, -0.05) is 19.1 Å². The quantitative estimate of drug-likeness (QED) is 0.621. The van der Waals surface area contributed by atoms with Crippen LogP contribution in [-0.2, 0) is 4.74 Å². The molecule has 1 rings (SSSR count). The van der Waals surface area contributed by atoms with Crippen molar-refractivity contribution in [1.29, 1.82) is 0 Å². The van der Waals surface area contributed by atoms with Crippen molar-refractivity contribution >= 4 is 0 Å². The van der Waals surface area contributed by atoms with E-state index in [-0.39, 0.29) is 0 Å². The van der Waals surface area contributed by atoms with Crippen molar-refractivity contribution in [3.05, 3.63) is 12.2 Å². The Bertz CT molecular complexity index is 156. The van der Waals surface area contributed by atoms with Gasteiger partial charge >= 0.3 is 0 Å². The van der Waals surface area contributed by atoms with Crippen molar-refractivity contribution < 1.29 is 4.74 Å². The Morgan fingerprint density at radius 2 is 2.38 bits per heavy atom. The topological polar surface area (TPSA) is 12.5 Å². The van der Waals surface area contributed by atoms with Crippen LogP contribution in [0.15, 0.2) is 12.2 Å². The molecule has 0 saturated carbocycles. The standard InChI is InChI=1S/C11H21NO/c1-3-5-7-12-8-6-9-13-11(4-2)10-12/h3,5,11H,4,6-10H2,1-2H3/b5-3+. The summed E-state index contributed by atoms with van der Waals surface area (Å²) in [6.07, 6.45) is 7.10. The fourth-order valence-corrected chi connectivity index (χ4v) is 1.64. The molecule has 1 aliphatic heterocycles. The lowest BCUT2D eigenvalue weighted by molar-refractivity contribution is 0.0533. The first kappa shape index (κ1) is 10.7. The molecule has 0 aliphatic carbocycles. The van der Waals surface area contributed by atoms with Gasteiger partial charge in [0, 0.05) is 26.2 Å². The summed E-state index contributed by atoms with van der Waals surface area (Å²) in [6.45, 7) is 8.57. The number of rotatable bonds is 3. The number of hydrogen-bond donors (Lipinski definition) is 0. The molecule has 13 heavy (non-hydrogen) atoms. The second-order valence-electron chi connectivity index (χ2n) is 3.58. The van der Waals surface area contributed by atoms with E-state index >= 15 is 0 Å². The molecule has 2 nitrogen and oxygen atoms in total. The number of ether oxygens (including phenoxy) is 1. The highest BCUT2D eigenvalue weighted by molar-refractivity contribution is 4.82. The lowest BCUT2D eigenvalue weighted by Crippen LogP contribution is -2.31. The van der Waals surface area contributed by atoms with Crippen molar-refractivity contribution in [2.45, 2.75) is 32.8 Å². The molecule has 0 amide bonds. The van der Waals surface area contributed by atoms with Crippen molar-refractivity contribution in [3.8, 4) is 0 Å². The summed E-state index contributed by atoms with van der Waals surface area (Å²) < 4.78 is 5.70. The van der Waals surface area contributed by atoms with Crippen LogP contribution in [0.5, 0.6) is 0 Å². The van der Waals surface area contributed by atoms with Crippen LogP contribution in [-0.4, -0.2) is 37.2 Å². The number of hydrogen-bond acceptors (Lipinski definition) is 2. The fourth-order valence-electron chi connectivity index (χ4n) is 1.64. The van der Waals surface area contributed by atoms with Crippen molar-refractivity contribution in [2.75, 3.05) is 26.2 Å². The molecule has 0 radical (unpaired) electrons. The Morgan fingerprint density at radius 1 is 1.54 bits per heavy atom. The van der Waals surface area contributed by atoms with E-state index in [1.807, 2.05) is 0 Å². The van der Waals surface area contributed by atoms with Gasteiger partial charge in [0.15, 0.2) is 0 Å². The van der Waals surface area contributed by atoms with E-state index in [9.17, 15) is 0 Å². The van der Waals surface area contributed by atoms with Gasteiger partial charge in [-0.15, -0.1) is 0 Å². The lowest BCUT2D eigenvalue weighted by atomic mass is 10.2. The van der Waals surface area contributed by atoms with Crippen LogP contribution in [0.1, 0.15) is 26.7 Å². The minimum Gasteiger partial charge on any atom is -0.377 e. The van der Waals surface area contributed by atoms with Gasteiger partial charge in [-0.3, -0.25) is 4.90 Å². The Kier molecular flexibility index (Phi) is 5.09. The van der Waals surface area contributed by atoms with Crippen LogP contribution in [0.4, 0.5) is 0 Å². The zero-order valence-corrected chi connectivity index (χ0v) is 8.83. The highest BCUT2D eigenvalue weighted by atomic mass is 16.5. The zero-order chi connectivity index (χ0) is 9.52. The molecule has 1 atom stereocenters. The Balaban J connectivity index is 2.34. The van der Waals surface area contributed by atoms with E-state index in [4.69, 9.17) is 4.74 Å². The molecule has 0 aromatic carbocycles. The fraction of sp³-hybridized carbons (Fsp3) is 0.818. The third-order valence-electron chi connectivity index (χ3n) is 2.49. The molecule has 1 fully saturated rings. The average molecular weight is 183 g/mol. The Labute approximate surface area is 81.6 Å². The van der Waals surface area contributed by atoms with Gasteiger partial charge in [-0.05, 0) is 19.8 Å². The van der Waals surface area contributed by atoms with E-state index in [2.05, 4.69) is 30.9 Å². The molecule has 1 heterocycles. The van der Waals surface area contributed by atoms with Gasteiger partial charge in [0.25, 0.3) is 0 Å². The molecule has 1 aliphatic rings. The molecule has 0 N–H and O–H groups in total. The average Bonchev–Trinajstić information content (AvgIpc) is 2.39. The molecule has 0 aromatic heterocycles. The maximum Gasteiger partial charge on any atom is 0.0699 e. The predicted octanol–water partition coefficient (Wildman–Crippen LogP) is 2.06. The predicted molar refractivity (Wildman–Crippen MR) is 55.9 cm³/mol. The first-order valence-corrected chi connectivity index (χ1v) is 5.32. The van der Waals surface area contributed by atoms with E-state index in [0.29, 0.717) is 6.10 Å². The molecule has 2 heteroatoms. The van der Waals surface area contributed by atoms with Crippen LogP contribution in [0.3, 0.4) is 0 Å². The Hall–Kier alpha value is -0.340. The third-order valence-corrected chi connectivity index (χ3v) is 2.49. The largest absolute Gasteiger partial charge is 0.377 e. The molecule has 76 valence electrons. The van der Waals surface area contributed by atoms with Gasteiger partial charge in [-0.25, -0.2) is 0 Å². The van der Waals surface area contributed by atoms with Crippen LogP contribution < -0.4 is 0 Å². The summed E-state index contributed by atoms with van der Waals surface area (Å²) >= 11 is 0. The van der Waals surface area contributed by atoms with Crippen molar-refractivity contribution in [3.63, 3.8) is 0 Å². The molecular formula is C11H21NO. The summed E-state index contributed by atoms with van der Waals surface area (Å²) in [5, 5.41) is 0. The summed E-state index contributed by atoms with van der Waals surface area (Å²) in [6, 6.07) is 0. The van der Waals surface area contributed by atoms with E-state index in [0.717, 1.165) is 26.1 Å². The first-order valence-electron chi connectivity index (χ1n) is 5.32. The van der Waals surface area contributed by atoms with Crippen LogP contribution in [0.2, 0.25) is 0 Å². The molecule has 0 aromatic rings. The summed E-state index contributed by atoms with van der Waals surface area (Å²) in [4.78, 5) is 2.47. The van der Waals surface area contributed by atoms with Gasteiger partial charge in [0.05, 0.1) is 6.10 Å². The van der Waals surface area contributed by atoms with Gasteiger partial charge in [0.2, 0.25) is 0 Å². The lowest BCUT2D eigenvalue weighted by Gasteiger charge is -2.21. The minimum atomic E-state index is 0.452. The summed E-state index contributed by atoms with van der Waals surface area (Å²) in [5.41, 5.74) is 0. The highest BCUT2D eigenvalue weighted by Gasteiger charge is 2.15. The summed E-state index contributed by atoms with van der Waals surface area (Å²) in [7, 11) is 0. The SMILES string of the molecule is C/C=C/CN1CCCOC(CC)C1. The third kappa shape index (κ3) is 3.92. The van der Waals surface area contributed by atoms with Crippen molar-refractivity contribution in [1.82, 2.24) is 4.90 Å². The highest BCUT2D eigenvalue weighted by Crippen LogP contribution is 2.08. The maximum absolute atomic E-state index is 5.70. The number of allylic oxidation sites excluding steroid dienone is 1. The van der Waals surface area contributed by atoms with Crippen LogP contribution in [0, 0.1) is 0 Å². The van der Waals surface area contributed by atoms with Gasteiger partial charge in [0.1, 0.15) is 0 Å². The van der Waals surface area contributed by atoms with Gasteiger partial charge in [-0.2, -0.15) is 0 Å². The number of nitrogens with zero attached hydrogens (tertiary/aromatic N) is 1. The summed E-state index contributed by atoms with van der Waals surface area (Å²) in [5.74, 6) is 0. The molecule has 0 bridgehead atoms. The normalized spacial score (nSPS) is 26.5. The van der Waals surface area contributed by atoms with E-state index < -0.39 is 0 Å². The smallest absolute Gasteiger partial charge is 0.0699 e. The van der Waals surface area contributed by atoms with E-state index in [1.54, 1.807) is 0 Å². The molecule has 1 saturated heterocycles. The molecule has 1 unspecified atom stereocenters. The molecular weight excluding hydrogens is 162 g/mol. The first-order chi connectivity index (χ1) is 6.36. The zero-order valence-electron chi connectivity index (χ0n) is 8.83. The van der Waals surface area contributed by atoms with Crippen LogP contribution >= 0.6 is 0 Å². The molecule has 0 spiro atoms. The maximum atomic E-state index is 5.70. The monoisotopic (exact) mass is 183 g/mol. The van der Waals surface area contributed by atoms with Crippen molar-refractivity contribution in [2.24, 2.45) is 0 Å². The minimum absolute atomic E-state index is 0.452. The Morgan fingerprint density at radius 3 is 3.08 bits per heavy atom.